The molecule has 1 aromatic rings. The number of aromatic nitrogens is 2. The van der Waals surface area contributed by atoms with Gasteiger partial charge < -0.3 is 14.2 Å². The predicted molar refractivity (Wildman–Crippen MR) is 82.6 cm³/mol. The van der Waals surface area contributed by atoms with Crippen molar-refractivity contribution in [3.63, 3.8) is 0 Å². The van der Waals surface area contributed by atoms with Gasteiger partial charge in [0.1, 0.15) is 0 Å². The molecule has 1 aromatic heterocycles. The van der Waals surface area contributed by atoms with Crippen molar-refractivity contribution in [1.29, 1.82) is 0 Å². The topological polar surface area (TPSA) is 85.5 Å². The summed E-state index contributed by atoms with van der Waals surface area (Å²) in [6, 6.07) is 0. The molecule has 128 valence electrons. The van der Waals surface area contributed by atoms with Gasteiger partial charge in [-0.3, -0.25) is 9.59 Å². The Bertz CT molecular complexity index is 533. The van der Waals surface area contributed by atoms with E-state index < -0.39 is 0 Å². The van der Waals surface area contributed by atoms with Crippen molar-refractivity contribution >= 4 is 11.9 Å². The van der Waals surface area contributed by atoms with Crippen LogP contribution in [0.25, 0.3) is 0 Å². The molecular weight excluding hydrogens is 298 g/mol. The second-order valence-corrected chi connectivity index (χ2v) is 6.23. The van der Waals surface area contributed by atoms with Crippen LogP contribution in [-0.2, 0) is 20.7 Å². The van der Waals surface area contributed by atoms with E-state index in [-0.39, 0.29) is 23.7 Å². The molecule has 2 rings (SSSR count). The molecule has 1 fully saturated rings. The van der Waals surface area contributed by atoms with Gasteiger partial charge in [0.15, 0.2) is 5.82 Å². The average molecular weight is 323 g/mol. The molecule has 0 radical (unpaired) electrons. The minimum atomic E-state index is -0.172. The SMILES string of the molecule is COC(=O)C1CCN(C(=O)CCCc2nc(C(C)C)no2)CC1. The Morgan fingerprint density at radius 2 is 2.04 bits per heavy atom. The minimum absolute atomic E-state index is 0.0723. The lowest BCUT2D eigenvalue weighted by Gasteiger charge is -2.30. The second kappa shape index (κ2) is 8.08. The highest BCUT2D eigenvalue weighted by Crippen LogP contribution is 2.19. The number of rotatable bonds is 6. The number of methoxy groups -OCH3 is 1. The minimum Gasteiger partial charge on any atom is -0.469 e. The third-order valence-electron chi connectivity index (χ3n) is 4.16. The van der Waals surface area contributed by atoms with Crippen molar-refractivity contribution in [2.45, 2.75) is 51.9 Å². The highest BCUT2D eigenvalue weighted by molar-refractivity contribution is 5.77. The number of piperidine rings is 1. The van der Waals surface area contributed by atoms with E-state index in [1.54, 1.807) is 0 Å². The summed E-state index contributed by atoms with van der Waals surface area (Å²) in [4.78, 5) is 29.8. The number of hydrogen-bond donors (Lipinski definition) is 0. The number of ether oxygens (including phenoxy) is 1. The van der Waals surface area contributed by atoms with Crippen LogP contribution in [-0.4, -0.2) is 47.1 Å². The van der Waals surface area contributed by atoms with E-state index in [0.29, 0.717) is 56.9 Å². The van der Waals surface area contributed by atoms with Crippen LogP contribution in [0.3, 0.4) is 0 Å². The van der Waals surface area contributed by atoms with Crippen molar-refractivity contribution < 1.29 is 18.8 Å². The fourth-order valence-corrected chi connectivity index (χ4v) is 2.68. The summed E-state index contributed by atoms with van der Waals surface area (Å²) >= 11 is 0. The first-order chi connectivity index (χ1) is 11.0. The zero-order valence-corrected chi connectivity index (χ0v) is 14.1. The van der Waals surface area contributed by atoms with Crippen LogP contribution >= 0.6 is 0 Å². The average Bonchev–Trinajstić information content (AvgIpc) is 3.03. The van der Waals surface area contributed by atoms with E-state index in [0.717, 1.165) is 0 Å². The predicted octanol–water partition coefficient (Wildman–Crippen LogP) is 1.93. The Morgan fingerprint density at radius 1 is 1.35 bits per heavy atom. The molecule has 0 atom stereocenters. The number of hydrogen-bond acceptors (Lipinski definition) is 6. The first kappa shape index (κ1) is 17.4. The zero-order chi connectivity index (χ0) is 16.8. The number of carbonyl (C=O) groups is 2. The lowest BCUT2D eigenvalue weighted by atomic mass is 9.96. The Morgan fingerprint density at radius 3 is 2.61 bits per heavy atom. The summed E-state index contributed by atoms with van der Waals surface area (Å²) in [6.07, 6.45) is 3.13. The van der Waals surface area contributed by atoms with Crippen LogP contribution in [0, 0.1) is 5.92 Å². The van der Waals surface area contributed by atoms with Gasteiger partial charge in [0.25, 0.3) is 0 Å². The molecule has 0 aliphatic carbocycles. The smallest absolute Gasteiger partial charge is 0.308 e. The van der Waals surface area contributed by atoms with Gasteiger partial charge >= 0.3 is 5.97 Å². The summed E-state index contributed by atoms with van der Waals surface area (Å²) < 4.78 is 9.92. The van der Waals surface area contributed by atoms with Gasteiger partial charge in [0.05, 0.1) is 13.0 Å². The standard InChI is InChI=1S/C16H25N3O4/c1-11(2)15-17-13(23-18-15)5-4-6-14(20)19-9-7-12(8-10-19)16(21)22-3/h11-12H,4-10H2,1-3H3. The molecule has 0 saturated carbocycles. The van der Waals surface area contributed by atoms with Crippen molar-refractivity contribution in [3.05, 3.63) is 11.7 Å². The number of esters is 1. The summed E-state index contributed by atoms with van der Waals surface area (Å²) in [5.41, 5.74) is 0. The van der Waals surface area contributed by atoms with Crippen LogP contribution < -0.4 is 0 Å². The van der Waals surface area contributed by atoms with E-state index in [1.807, 2.05) is 18.7 Å². The summed E-state index contributed by atoms with van der Waals surface area (Å²) in [7, 11) is 1.40. The normalized spacial score (nSPS) is 15.9. The molecule has 23 heavy (non-hydrogen) atoms. The Hall–Kier alpha value is -1.92. The zero-order valence-electron chi connectivity index (χ0n) is 14.1. The second-order valence-electron chi connectivity index (χ2n) is 6.23. The number of nitrogens with zero attached hydrogens (tertiary/aromatic N) is 3. The van der Waals surface area contributed by atoms with E-state index >= 15 is 0 Å². The lowest BCUT2D eigenvalue weighted by molar-refractivity contribution is -0.148. The van der Waals surface area contributed by atoms with Gasteiger partial charge in [-0.1, -0.05) is 19.0 Å². The molecule has 1 amide bonds. The van der Waals surface area contributed by atoms with Gasteiger partial charge in [-0.05, 0) is 19.3 Å². The molecule has 0 spiro atoms. The molecule has 2 heterocycles. The molecule has 0 N–H and O–H groups in total. The summed E-state index contributed by atoms with van der Waals surface area (Å²) in [6.45, 7) is 5.26. The Kier molecular flexibility index (Phi) is 6.12. The van der Waals surface area contributed by atoms with Gasteiger partial charge in [0, 0.05) is 31.8 Å². The molecule has 7 heteroatoms. The fraction of sp³-hybridized carbons (Fsp3) is 0.750. The third kappa shape index (κ3) is 4.77. The van der Waals surface area contributed by atoms with Gasteiger partial charge in [0.2, 0.25) is 11.8 Å². The molecule has 7 nitrogen and oxygen atoms in total. The highest BCUT2D eigenvalue weighted by atomic mass is 16.5. The van der Waals surface area contributed by atoms with Crippen molar-refractivity contribution in [2.24, 2.45) is 5.92 Å². The van der Waals surface area contributed by atoms with Crippen LogP contribution in [0.4, 0.5) is 0 Å². The monoisotopic (exact) mass is 323 g/mol. The van der Waals surface area contributed by atoms with Gasteiger partial charge in [-0.15, -0.1) is 0 Å². The molecule has 0 unspecified atom stereocenters. The maximum Gasteiger partial charge on any atom is 0.308 e. The quantitative estimate of drug-likeness (QED) is 0.744. The van der Waals surface area contributed by atoms with Crippen molar-refractivity contribution in [3.8, 4) is 0 Å². The molecular formula is C16H25N3O4. The summed E-state index contributed by atoms with van der Waals surface area (Å²) in [5, 5.41) is 3.91. The van der Waals surface area contributed by atoms with Gasteiger partial charge in [-0.2, -0.15) is 4.98 Å². The molecule has 1 aliphatic rings. The number of likely N-dealkylation sites (tertiary alicyclic amines) is 1. The van der Waals surface area contributed by atoms with Crippen molar-refractivity contribution in [2.75, 3.05) is 20.2 Å². The maximum absolute atomic E-state index is 12.2. The first-order valence-corrected chi connectivity index (χ1v) is 8.19. The third-order valence-corrected chi connectivity index (χ3v) is 4.16. The van der Waals surface area contributed by atoms with E-state index in [1.165, 1.54) is 7.11 Å². The van der Waals surface area contributed by atoms with Gasteiger partial charge in [-0.25, -0.2) is 0 Å². The lowest BCUT2D eigenvalue weighted by Crippen LogP contribution is -2.40. The van der Waals surface area contributed by atoms with Crippen LogP contribution in [0.5, 0.6) is 0 Å². The fourth-order valence-electron chi connectivity index (χ4n) is 2.68. The molecule has 1 saturated heterocycles. The molecule has 1 aliphatic heterocycles. The van der Waals surface area contributed by atoms with E-state index in [2.05, 4.69) is 10.1 Å². The van der Waals surface area contributed by atoms with E-state index in [4.69, 9.17) is 9.26 Å². The summed E-state index contributed by atoms with van der Waals surface area (Å²) in [5.74, 6) is 1.41. The first-order valence-electron chi connectivity index (χ1n) is 8.19. The Labute approximate surface area is 136 Å². The highest BCUT2D eigenvalue weighted by Gasteiger charge is 2.27. The van der Waals surface area contributed by atoms with Crippen molar-refractivity contribution in [1.82, 2.24) is 15.0 Å². The number of carbonyl (C=O) groups excluding carboxylic acids is 2. The Balaban J connectivity index is 1.70. The number of aryl methyl sites for hydroxylation is 1. The maximum atomic E-state index is 12.2. The van der Waals surface area contributed by atoms with Crippen LogP contribution in [0.2, 0.25) is 0 Å². The largest absolute Gasteiger partial charge is 0.469 e. The van der Waals surface area contributed by atoms with E-state index in [9.17, 15) is 9.59 Å². The molecule has 0 bridgehead atoms. The van der Waals surface area contributed by atoms with Crippen LogP contribution in [0.1, 0.15) is 57.2 Å². The number of amides is 1. The molecule has 0 aromatic carbocycles. The van der Waals surface area contributed by atoms with Crippen LogP contribution in [0.15, 0.2) is 4.52 Å².